The maximum absolute atomic E-state index is 12.9. The molecule has 3 aliphatic carbocycles. The van der Waals surface area contributed by atoms with Gasteiger partial charge in [-0.3, -0.25) is 14.8 Å². The molecule has 1 aromatic carbocycles. The van der Waals surface area contributed by atoms with Gasteiger partial charge in [0, 0.05) is 24.3 Å². The number of ether oxygens (including phenoxy) is 1. The van der Waals surface area contributed by atoms with E-state index in [0.29, 0.717) is 18.6 Å². The number of nitrogens with zero attached hydrogens (tertiary/aromatic N) is 2. The van der Waals surface area contributed by atoms with E-state index >= 15 is 0 Å². The smallest absolute Gasteiger partial charge is 0.224 e. The molecule has 174 valence electrons. The first-order valence-corrected chi connectivity index (χ1v) is 12.2. The molecule has 3 heterocycles. The Kier molecular flexibility index (Phi) is 4.05. The van der Waals surface area contributed by atoms with Gasteiger partial charge in [-0.05, 0) is 68.2 Å². The standard InChI is InChI=1S/C25H30N4O4/c30-18-4-3-16-10-19-25(32)6-5-17(28-20(31)9-15-11-26-27-12-15)23-24(25,21(16)22(18)33-23)7-8-29(19)13-14-1-2-14/h3-4,11-12,14,17,19,23,30,32H,1-2,5-10,13H2,(H,26,27)(H,28,31)/t17-,19+,23-,24-,25+/m0/s1. The van der Waals surface area contributed by atoms with E-state index in [1.54, 1.807) is 18.5 Å². The first-order chi connectivity index (χ1) is 16.0. The largest absolute Gasteiger partial charge is 0.504 e. The van der Waals surface area contributed by atoms with Crippen molar-refractivity contribution < 1.29 is 19.7 Å². The maximum atomic E-state index is 12.9. The zero-order valence-electron chi connectivity index (χ0n) is 18.6. The molecule has 1 aromatic heterocycles. The Bertz CT molecular complexity index is 1120. The summed E-state index contributed by atoms with van der Waals surface area (Å²) in [6, 6.07) is 3.55. The summed E-state index contributed by atoms with van der Waals surface area (Å²) >= 11 is 0. The van der Waals surface area contributed by atoms with Gasteiger partial charge in [0.05, 0.1) is 29.7 Å². The van der Waals surface area contributed by atoms with Crippen molar-refractivity contribution in [3.63, 3.8) is 0 Å². The number of benzene rings is 1. The van der Waals surface area contributed by atoms with Gasteiger partial charge in [-0.2, -0.15) is 5.10 Å². The predicted molar refractivity (Wildman–Crippen MR) is 119 cm³/mol. The Morgan fingerprint density at radius 3 is 2.97 bits per heavy atom. The van der Waals surface area contributed by atoms with Gasteiger partial charge in [-0.25, -0.2) is 0 Å². The van der Waals surface area contributed by atoms with Crippen molar-refractivity contribution in [1.29, 1.82) is 0 Å². The number of carbonyl (C=O) groups is 1. The molecule has 2 saturated carbocycles. The molecule has 8 nitrogen and oxygen atoms in total. The number of aromatic hydroxyl groups is 1. The van der Waals surface area contributed by atoms with Crippen molar-refractivity contribution >= 4 is 5.91 Å². The van der Waals surface area contributed by atoms with Crippen molar-refractivity contribution in [2.75, 3.05) is 13.1 Å². The number of nitrogens with one attached hydrogen (secondary N) is 2. The summed E-state index contributed by atoms with van der Waals surface area (Å²) in [5.74, 6) is 1.32. The fraction of sp³-hybridized carbons (Fsp3) is 0.600. The maximum Gasteiger partial charge on any atom is 0.224 e. The molecule has 2 bridgehead atoms. The van der Waals surface area contributed by atoms with E-state index in [1.807, 2.05) is 6.07 Å². The third-order valence-electron chi connectivity index (χ3n) is 9.03. The number of carbonyl (C=O) groups excluding carboxylic acids is 1. The predicted octanol–water partition coefficient (Wildman–Crippen LogP) is 1.41. The summed E-state index contributed by atoms with van der Waals surface area (Å²) in [5, 5.41) is 33.0. The van der Waals surface area contributed by atoms with Crippen molar-refractivity contribution in [2.24, 2.45) is 5.92 Å². The van der Waals surface area contributed by atoms with Crippen LogP contribution in [0.15, 0.2) is 24.5 Å². The van der Waals surface area contributed by atoms with Crippen LogP contribution in [0.2, 0.25) is 0 Å². The first-order valence-electron chi connectivity index (χ1n) is 12.2. The molecule has 1 amide bonds. The van der Waals surface area contributed by atoms with E-state index < -0.39 is 17.1 Å². The normalized spacial score (nSPS) is 36.2. The molecule has 5 atom stereocenters. The summed E-state index contributed by atoms with van der Waals surface area (Å²) < 4.78 is 6.49. The number of hydrogen-bond acceptors (Lipinski definition) is 6. The second-order valence-corrected chi connectivity index (χ2v) is 10.8. The molecular weight excluding hydrogens is 420 g/mol. The van der Waals surface area contributed by atoms with Crippen LogP contribution in [-0.4, -0.2) is 68.1 Å². The highest BCUT2D eigenvalue weighted by Crippen LogP contribution is 2.65. The number of amides is 1. The van der Waals surface area contributed by atoms with Gasteiger partial charge >= 0.3 is 0 Å². The summed E-state index contributed by atoms with van der Waals surface area (Å²) in [6.07, 6.45) is 8.64. The lowest BCUT2D eigenvalue weighted by molar-refractivity contribution is -0.192. The average molecular weight is 451 g/mol. The van der Waals surface area contributed by atoms with E-state index in [-0.39, 0.29) is 30.2 Å². The number of H-pyrrole nitrogens is 1. The van der Waals surface area contributed by atoms with E-state index in [2.05, 4.69) is 20.4 Å². The minimum absolute atomic E-state index is 0.0449. The van der Waals surface area contributed by atoms with E-state index in [0.717, 1.165) is 43.0 Å². The number of aromatic nitrogens is 2. The Morgan fingerprint density at radius 2 is 2.18 bits per heavy atom. The van der Waals surface area contributed by atoms with Crippen LogP contribution in [0.1, 0.15) is 48.8 Å². The molecule has 1 saturated heterocycles. The SMILES string of the molecule is O=C(Cc1cn[nH]c1)N[C@H]1CC[C@@]2(O)[C@H]3Cc4ccc(O)c5c4[C@@]2(CCN3CC2CC2)[C@H]1O5. The molecule has 2 aliphatic heterocycles. The number of likely N-dealkylation sites (tertiary alicyclic amines) is 1. The number of phenolic OH excluding ortho intramolecular Hbond substituents is 1. The quantitative estimate of drug-likeness (QED) is 0.548. The number of piperidine rings is 1. The van der Waals surface area contributed by atoms with Crippen LogP contribution in [0, 0.1) is 5.92 Å². The third kappa shape index (κ3) is 2.65. The lowest BCUT2D eigenvalue weighted by Crippen LogP contribution is -2.78. The van der Waals surface area contributed by atoms with Gasteiger partial charge < -0.3 is 20.3 Å². The topological polar surface area (TPSA) is 111 Å². The number of phenols is 1. The Labute approximate surface area is 192 Å². The number of hydrogen-bond donors (Lipinski definition) is 4. The lowest BCUT2D eigenvalue weighted by Gasteiger charge is -2.64. The molecule has 7 rings (SSSR count). The summed E-state index contributed by atoms with van der Waals surface area (Å²) in [4.78, 5) is 15.4. The molecule has 33 heavy (non-hydrogen) atoms. The molecule has 3 fully saturated rings. The molecule has 1 spiro atoms. The van der Waals surface area contributed by atoms with Crippen LogP contribution < -0.4 is 10.1 Å². The minimum Gasteiger partial charge on any atom is -0.504 e. The average Bonchev–Trinajstić information content (AvgIpc) is 3.31. The molecular formula is C25H30N4O4. The van der Waals surface area contributed by atoms with Crippen LogP contribution in [0.3, 0.4) is 0 Å². The van der Waals surface area contributed by atoms with Gasteiger partial charge in [-0.1, -0.05) is 6.07 Å². The second kappa shape index (κ2) is 6.73. The van der Waals surface area contributed by atoms with Crippen LogP contribution >= 0.6 is 0 Å². The van der Waals surface area contributed by atoms with Gasteiger partial charge in [-0.15, -0.1) is 0 Å². The van der Waals surface area contributed by atoms with Crippen LogP contribution in [-0.2, 0) is 23.1 Å². The number of rotatable bonds is 5. The fourth-order valence-electron chi connectivity index (χ4n) is 7.45. The Morgan fingerprint density at radius 1 is 1.30 bits per heavy atom. The molecule has 0 unspecified atom stereocenters. The van der Waals surface area contributed by atoms with Crippen molar-refractivity contribution in [1.82, 2.24) is 20.4 Å². The fourth-order valence-corrected chi connectivity index (χ4v) is 7.45. The zero-order valence-corrected chi connectivity index (χ0v) is 18.6. The van der Waals surface area contributed by atoms with E-state index in [1.165, 1.54) is 18.4 Å². The molecule has 0 radical (unpaired) electrons. The molecule has 5 aliphatic rings. The van der Waals surface area contributed by atoms with Gasteiger partial charge in [0.15, 0.2) is 11.5 Å². The Hall–Kier alpha value is -2.58. The van der Waals surface area contributed by atoms with Crippen LogP contribution in [0.25, 0.3) is 0 Å². The monoisotopic (exact) mass is 450 g/mol. The highest BCUT2D eigenvalue weighted by Gasteiger charge is 2.73. The number of aromatic amines is 1. The van der Waals surface area contributed by atoms with Crippen LogP contribution in [0.4, 0.5) is 0 Å². The van der Waals surface area contributed by atoms with E-state index in [4.69, 9.17) is 4.74 Å². The third-order valence-corrected chi connectivity index (χ3v) is 9.03. The zero-order chi connectivity index (χ0) is 22.4. The molecule has 8 heteroatoms. The summed E-state index contributed by atoms with van der Waals surface area (Å²) in [7, 11) is 0. The lowest BCUT2D eigenvalue weighted by atomic mass is 9.48. The minimum atomic E-state index is -0.928. The highest BCUT2D eigenvalue weighted by atomic mass is 16.5. The second-order valence-electron chi connectivity index (χ2n) is 10.8. The van der Waals surface area contributed by atoms with Gasteiger partial charge in [0.25, 0.3) is 0 Å². The van der Waals surface area contributed by atoms with Crippen molar-refractivity contribution in [3.05, 3.63) is 41.2 Å². The Balaban J connectivity index is 1.27. The summed E-state index contributed by atoms with van der Waals surface area (Å²) in [6.45, 7) is 1.97. The van der Waals surface area contributed by atoms with Crippen molar-refractivity contribution in [2.45, 2.75) is 74.1 Å². The van der Waals surface area contributed by atoms with Gasteiger partial charge in [0.2, 0.25) is 5.91 Å². The molecule has 2 aromatic rings. The summed E-state index contributed by atoms with van der Waals surface area (Å²) in [5.41, 5.74) is 1.46. The molecule has 4 N–H and O–H groups in total. The van der Waals surface area contributed by atoms with Crippen molar-refractivity contribution in [3.8, 4) is 11.5 Å². The van der Waals surface area contributed by atoms with Gasteiger partial charge in [0.1, 0.15) is 6.10 Å². The first kappa shape index (κ1) is 19.9. The number of aliphatic hydroxyl groups is 1. The van der Waals surface area contributed by atoms with E-state index in [9.17, 15) is 15.0 Å². The highest BCUT2D eigenvalue weighted by molar-refractivity contribution is 5.79. The van der Waals surface area contributed by atoms with Crippen LogP contribution in [0.5, 0.6) is 11.5 Å².